The van der Waals surface area contributed by atoms with Crippen molar-refractivity contribution in [2.75, 3.05) is 24.6 Å². The Kier molecular flexibility index (Phi) is 3.72. The predicted molar refractivity (Wildman–Crippen MR) is 68.7 cm³/mol. The van der Waals surface area contributed by atoms with Crippen molar-refractivity contribution in [3.63, 3.8) is 0 Å². The maximum atomic E-state index is 13.6. The van der Waals surface area contributed by atoms with Gasteiger partial charge in [-0.2, -0.15) is 0 Å². The summed E-state index contributed by atoms with van der Waals surface area (Å²) in [5.74, 6) is -1.21. The van der Waals surface area contributed by atoms with E-state index in [1.54, 1.807) is 6.07 Å². The first-order valence-corrected chi connectivity index (χ1v) is 7.96. The number of benzene rings is 1. The first-order chi connectivity index (χ1) is 8.41. The summed E-state index contributed by atoms with van der Waals surface area (Å²) in [7, 11) is -3.05. The Labute approximate surface area is 113 Å². The molecule has 1 saturated heterocycles. The number of nitrogens with zero attached hydrogens (tertiary/aromatic N) is 1. The van der Waals surface area contributed by atoms with Gasteiger partial charge in [-0.25, -0.2) is 12.8 Å². The molecule has 1 aliphatic rings. The highest BCUT2D eigenvalue weighted by molar-refractivity contribution is 9.10. The van der Waals surface area contributed by atoms with Crippen molar-refractivity contribution in [2.24, 2.45) is 0 Å². The van der Waals surface area contributed by atoms with Crippen LogP contribution in [-0.4, -0.2) is 43.8 Å². The fourth-order valence-electron chi connectivity index (χ4n) is 1.78. The van der Waals surface area contributed by atoms with Crippen molar-refractivity contribution in [1.82, 2.24) is 4.90 Å². The van der Waals surface area contributed by atoms with E-state index in [0.717, 1.165) is 0 Å². The third-order valence-corrected chi connectivity index (χ3v) is 5.08. The SMILES string of the molecule is O=C(c1c(F)cccc1Br)N1CCS(=O)(=O)CC1. The lowest BCUT2D eigenvalue weighted by atomic mass is 10.2. The van der Waals surface area contributed by atoms with Crippen LogP contribution in [0.2, 0.25) is 0 Å². The second-order valence-electron chi connectivity index (χ2n) is 4.04. The van der Waals surface area contributed by atoms with Gasteiger partial charge in [0.15, 0.2) is 9.84 Å². The molecule has 0 saturated carbocycles. The third kappa shape index (κ3) is 2.72. The Morgan fingerprint density at radius 3 is 2.44 bits per heavy atom. The Hall–Kier alpha value is -0.950. The molecule has 18 heavy (non-hydrogen) atoms. The standard InChI is InChI=1S/C11H11BrFNO3S/c12-8-2-1-3-9(13)10(8)11(15)14-4-6-18(16,17)7-5-14/h1-3H,4-7H2. The average molecular weight is 336 g/mol. The number of amides is 1. The van der Waals surface area contributed by atoms with Crippen LogP contribution in [0.1, 0.15) is 10.4 Å². The first-order valence-electron chi connectivity index (χ1n) is 5.34. The number of rotatable bonds is 1. The van der Waals surface area contributed by atoms with E-state index in [9.17, 15) is 17.6 Å². The maximum Gasteiger partial charge on any atom is 0.258 e. The minimum atomic E-state index is -3.05. The fraction of sp³-hybridized carbons (Fsp3) is 0.364. The summed E-state index contributed by atoms with van der Waals surface area (Å²) in [6.07, 6.45) is 0. The lowest BCUT2D eigenvalue weighted by Gasteiger charge is -2.27. The summed E-state index contributed by atoms with van der Waals surface area (Å²) in [5, 5.41) is 0. The van der Waals surface area contributed by atoms with E-state index in [1.165, 1.54) is 17.0 Å². The molecule has 1 aliphatic heterocycles. The van der Waals surface area contributed by atoms with Gasteiger partial charge in [-0.3, -0.25) is 4.79 Å². The Bertz CT molecular complexity index is 554. The monoisotopic (exact) mass is 335 g/mol. The van der Waals surface area contributed by atoms with Gasteiger partial charge in [0.2, 0.25) is 0 Å². The van der Waals surface area contributed by atoms with Gasteiger partial charge < -0.3 is 4.90 Å². The van der Waals surface area contributed by atoms with Gasteiger partial charge in [0.05, 0.1) is 17.1 Å². The van der Waals surface area contributed by atoms with Gasteiger partial charge in [0.25, 0.3) is 5.91 Å². The molecule has 0 spiro atoms. The quantitative estimate of drug-likeness (QED) is 0.780. The van der Waals surface area contributed by atoms with Crippen LogP contribution in [-0.2, 0) is 9.84 Å². The number of hydrogen-bond donors (Lipinski definition) is 0. The van der Waals surface area contributed by atoms with Gasteiger partial charge in [-0.1, -0.05) is 6.07 Å². The van der Waals surface area contributed by atoms with E-state index in [0.29, 0.717) is 4.47 Å². The van der Waals surface area contributed by atoms with E-state index in [-0.39, 0.29) is 30.2 Å². The van der Waals surface area contributed by atoms with Crippen LogP contribution < -0.4 is 0 Å². The normalized spacial score (nSPS) is 18.7. The van der Waals surface area contributed by atoms with Crippen molar-refractivity contribution in [3.05, 3.63) is 34.1 Å². The third-order valence-electron chi connectivity index (χ3n) is 2.81. The highest BCUT2D eigenvalue weighted by atomic mass is 79.9. The van der Waals surface area contributed by atoms with E-state index in [2.05, 4.69) is 15.9 Å². The molecule has 7 heteroatoms. The zero-order chi connectivity index (χ0) is 13.3. The Balaban J connectivity index is 2.23. The molecule has 0 unspecified atom stereocenters. The van der Waals surface area contributed by atoms with Crippen LogP contribution in [0.15, 0.2) is 22.7 Å². The van der Waals surface area contributed by atoms with E-state index >= 15 is 0 Å². The molecule has 1 heterocycles. The molecule has 1 fully saturated rings. The summed E-state index contributed by atoms with van der Waals surface area (Å²) in [4.78, 5) is 13.5. The van der Waals surface area contributed by atoms with Crippen LogP contribution >= 0.6 is 15.9 Å². The summed E-state index contributed by atoms with van der Waals surface area (Å²) in [5.41, 5.74) is -0.0446. The topological polar surface area (TPSA) is 54.5 Å². The van der Waals surface area contributed by atoms with Gasteiger partial charge in [0, 0.05) is 17.6 Å². The van der Waals surface area contributed by atoms with Crippen molar-refractivity contribution in [3.8, 4) is 0 Å². The van der Waals surface area contributed by atoms with E-state index in [4.69, 9.17) is 0 Å². The van der Waals surface area contributed by atoms with Crippen LogP contribution in [0, 0.1) is 5.82 Å². The Morgan fingerprint density at radius 1 is 1.28 bits per heavy atom. The second-order valence-corrected chi connectivity index (χ2v) is 7.20. The lowest BCUT2D eigenvalue weighted by Crippen LogP contribution is -2.44. The minimum absolute atomic E-state index is 0.0446. The number of hydrogen-bond acceptors (Lipinski definition) is 3. The average Bonchev–Trinajstić information content (AvgIpc) is 2.28. The predicted octanol–water partition coefficient (Wildman–Crippen LogP) is 1.46. The second kappa shape index (κ2) is 4.97. The Morgan fingerprint density at radius 2 is 1.89 bits per heavy atom. The van der Waals surface area contributed by atoms with Gasteiger partial charge in [0.1, 0.15) is 5.82 Å². The van der Waals surface area contributed by atoms with Crippen LogP contribution in [0.5, 0.6) is 0 Å². The zero-order valence-corrected chi connectivity index (χ0v) is 11.8. The van der Waals surface area contributed by atoms with Gasteiger partial charge in [-0.15, -0.1) is 0 Å². The lowest BCUT2D eigenvalue weighted by molar-refractivity contribution is 0.0764. The molecule has 0 N–H and O–H groups in total. The highest BCUT2D eigenvalue weighted by Gasteiger charge is 2.28. The number of halogens is 2. The molecule has 0 bridgehead atoms. The molecule has 4 nitrogen and oxygen atoms in total. The molecule has 0 atom stereocenters. The van der Waals surface area contributed by atoms with E-state index < -0.39 is 21.6 Å². The molecule has 0 aliphatic carbocycles. The van der Waals surface area contributed by atoms with Gasteiger partial charge >= 0.3 is 0 Å². The zero-order valence-electron chi connectivity index (χ0n) is 9.40. The summed E-state index contributed by atoms with van der Waals surface area (Å²) >= 11 is 3.13. The summed E-state index contributed by atoms with van der Waals surface area (Å²) in [6, 6.07) is 4.28. The minimum Gasteiger partial charge on any atom is -0.336 e. The molecule has 98 valence electrons. The largest absolute Gasteiger partial charge is 0.336 e. The first kappa shape index (κ1) is 13.5. The van der Waals surface area contributed by atoms with Crippen molar-refractivity contribution < 1.29 is 17.6 Å². The molecule has 0 radical (unpaired) electrons. The molecule has 2 rings (SSSR count). The number of carbonyl (C=O) groups is 1. The maximum absolute atomic E-state index is 13.6. The van der Waals surface area contributed by atoms with Crippen LogP contribution in [0.3, 0.4) is 0 Å². The smallest absolute Gasteiger partial charge is 0.258 e. The van der Waals surface area contributed by atoms with Crippen LogP contribution in [0.25, 0.3) is 0 Å². The summed E-state index contributed by atoms with van der Waals surface area (Å²) in [6.45, 7) is 0.226. The fourth-order valence-corrected chi connectivity index (χ4v) is 3.49. The molecule has 1 aromatic carbocycles. The number of carbonyl (C=O) groups excluding carboxylic acids is 1. The van der Waals surface area contributed by atoms with Crippen molar-refractivity contribution in [2.45, 2.75) is 0 Å². The van der Waals surface area contributed by atoms with Crippen molar-refractivity contribution >= 4 is 31.7 Å². The van der Waals surface area contributed by atoms with Gasteiger partial charge in [-0.05, 0) is 28.1 Å². The molecule has 0 aromatic heterocycles. The molecular formula is C11H11BrFNO3S. The summed E-state index contributed by atoms with van der Waals surface area (Å²) < 4.78 is 36.5. The molecule has 1 aromatic rings. The molecular weight excluding hydrogens is 325 g/mol. The van der Waals surface area contributed by atoms with Crippen molar-refractivity contribution in [1.29, 1.82) is 0 Å². The molecule has 1 amide bonds. The number of sulfone groups is 1. The van der Waals surface area contributed by atoms with E-state index in [1.807, 2.05) is 0 Å². The highest BCUT2D eigenvalue weighted by Crippen LogP contribution is 2.22. The van der Waals surface area contributed by atoms with Crippen LogP contribution in [0.4, 0.5) is 4.39 Å².